The summed E-state index contributed by atoms with van der Waals surface area (Å²) >= 11 is 0. The molecule has 0 spiro atoms. The van der Waals surface area contributed by atoms with E-state index in [-0.39, 0.29) is 29.7 Å². The number of rotatable bonds is 6. The number of urea groups is 1. The van der Waals surface area contributed by atoms with Crippen molar-refractivity contribution in [3.05, 3.63) is 18.0 Å². The monoisotopic (exact) mass is 318 g/mol. The van der Waals surface area contributed by atoms with Crippen LogP contribution in [0.1, 0.15) is 10.5 Å². The summed E-state index contributed by atoms with van der Waals surface area (Å²) in [7, 11) is 0.764. The Hall–Kier alpha value is -2.07. The molecule has 0 aromatic carbocycles. The van der Waals surface area contributed by atoms with Gasteiger partial charge in [-0.15, -0.1) is 0 Å². The summed E-state index contributed by atoms with van der Waals surface area (Å²) in [6.45, 7) is 0.119. The van der Waals surface area contributed by atoms with Gasteiger partial charge < -0.3 is 19.9 Å². The Morgan fingerprint density at radius 2 is 1.95 bits per heavy atom. The summed E-state index contributed by atoms with van der Waals surface area (Å²) in [5.41, 5.74) is -0.128. The predicted molar refractivity (Wildman–Crippen MR) is 74.6 cm³/mol. The van der Waals surface area contributed by atoms with Crippen LogP contribution >= 0.6 is 0 Å². The van der Waals surface area contributed by atoms with Crippen molar-refractivity contribution >= 4 is 22.0 Å². The van der Waals surface area contributed by atoms with Crippen molar-refractivity contribution in [2.75, 3.05) is 27.2 Å². The summed E-state index contributed by atoms with van der Waals surface area (Å²) < 4.78 is 27.4. The van der Waals surface area contributed by atoms with E-state index in [1.807, 2.05) is 0 Å². The smallest absolute Gasteiger partial charge is 0.352 e. The van der Waals surface area contributed by atoms with E-state index in [0.717, 1.165) is 6.07 Å². The topological polar surface area (TPSA) is 121 Å². The molecule has 0 bridgehead atoms. The molecule has 1 aromatic rings. The largest absolute Gasteiger partial charge is 0.477 e. The summed E-state index contributed by atoms with van der Waals surface area (Å²) in [5.74, 6) is -1.21. The van der Waals surface area contributed by atoms with Gasteiger partial charge in [0.05, 0.1) is 0 Å². The Bertz CT molecular complexity index is 635. The minimum Gasteiger partial charge on any atom is -0.477 e. The lowest BCUT2D eigenvalue weighted by Gasteiger charge is -2.12. The van der Waals surface area contributed by atoms with Crippen molar-refractivity contribution in [1.82, 2.24) is 19.5 Å². The number of hydrogen-bond donors (Lipinski definition) is 3. The van der Waals surface area contributed by atoms with Crippen molar-refractivity contribution in [2.45, 2.75) is 4.90 Å². The zero-order valence-corrected chi connectivity index (χ0v) is 12.8. The molecule has 0 saturated carbocycles. The fraction of sp³-hybridized carbons (Fsp3) is 0.455. The van der Waals surface area contributed by atoms with Crippen molar-refractivity contribution in [3.8, 4) is 0 Å². The zero-order chi connectivity index (χ0) is 16.2. The molecule has 1 heterocycles. The molecule has 21 heavy (non-hydrogen) atoms. The first-order valence-corrected chi connectivity index (χ1v) is 7.48. The van der Waals surface area contributed by atoms with Gasteiger partial charge in [0.1, 0.15) is 10.6 Å². The molecular weight excluding hydrogens is 300 g/mol. The van der Waals surface area contributed by atoms with Crippen LogP contribution in [0.25, 0.3) is 0 Å². The number of carbonyl (C=O) groups is 2. The lowest BCUT2D eigenvalue weighted by atomic mass is 10.4. The number of nitrogens with zero attached hydrogens (tertiary/aromatic N) is 2. The van der Waals surface area contributed by atoms with E-state index in [1.54, 1.807) is 14.1 Å². The maximum Gasteiger partial charge on any atom is 0.352 e. The first-order chi connectivity index (χ1) is 9.65. The Balaban J connectivity index is 2.64. The third-order valence-corrected chi connectivity index (χ3v) is 4.04. The van der Waals surface area contributed by atoms with Gasteiger partial charge in [-0.25, -0.2) is 22.7 Å². The van der Waals surface area contributed by atoms with Crippen molar-refractivity contribution < 1.29 is 23.1 Å². The molecule has 0 aliphatic rings. The normalized spacial score (nSPS) is 11.2. The average Bonchev–Trinajstić information content (AvgIpc) is 2.77. The fourth-order valence-corrected chi connectivity index (χ4v) is 2.59. The number of aryl methyl sites for hydroxylation is 1. The summed E-state index contributed by atoms with van der Waals surface area (Å²) in [5, 5.41) is 11.4. The molecule has 10 heteroatoms. The molecule has 0 saturated heterocycles. The van der Waals surface area contributed by atoms with Gasteiger partial charge >= 0.3 is 12.0 Å². The number of sulfonamides is 1. The van der Waals surface area contributed by atoms with Crippen LogP contribution in [0, 0.1) is 0 Å². The molecule has 1 aromatic heterocycles. The van der Waals surface area contributed by atoms with Gasteiger partial charge in [-0.05, 0) is 6.07 Å². The molecule has 0 aliphatic heterocycles. The number of hydrogen-bond acceptors (Lipinski definition) is 4. The van der Waals surface area contributed by atoms with Crippen LogP contribution in [-0.4, -0.2) is 62.2 Å². The highest BCUT2D eigenvalue weighted by Crippen LogP contribution is 2.13. The van der Waals surface area contributed by atoms with Crippen LogP contribution in [0.15, 0.2) is 17.2 Å². The second kappa shape index (κ2) is 6.59. The van der Waals surface area contributed by atoms with Crippen molar-refractivity contribution in [2.24, 2.45) is 7.05 Å². The predicted octanol–water partition coefficient (Wildman–Crippen LogP) is -0.727. The van der Waals surface area contributed by atoms with Gasteiger partial charge in [-0.3, -0.25) is 0 Å². The first kappa shape index (κ1) is 17.0. The maximum atomic E-state index is 12.0. The molecule has 0 fully saturated rings. The third-order valence-electron chi connectivity index (χ3n) is 2.61. The number of carboxylic acid groups (broad SMARTS) is 1. The van der Waals surface area contributed by atoms with Crippen LogP contribution < -0.4 is 10.0 Å². The molecule has 118 valence electrons. The molecule has 3 N–H and O–H groups in total. The van der Waals surface area contributed by atoms with Gasteiger partial charge in [0.15, 0.2) is 0 Å². The van der Waals surface area contributed by atoms with Crippen LogP contribution in [0.4, 0.5) is 4.79 Å². The summed E-state index contributed by atoms with van der Waals surface area (Å²) in [6.07, 6.45) is 1.21. The van der Waals surface area contributed by atoms with E-state index in [2.05, 4.69) is 10.0 Å². The number of aromatic nitrogens is 1. The average molecular weight is 318 g/mol. The molecular formula is C11H18N4O5S. The highest BCUT2D eigenvalue weighted by molar-refractivity contribution is 7.89. The lowest BCUT2D eigenvalue weighted by Crippen LogP contribution is -2.39. The van der Waals surface area contributed by atoms with Gasteiger partial charge in [-0.2, -0.15) is 0 Å². The Labute approximate surface area is 122 Å². The molecule has 9 nitrogen and oxygen atoms in total. The second-order valence-electron chi connectivity index (χ2n) is 4.50. The quantitative estimate of drug-likeness (QED) is 0.597. The highest BCUT2D eigenvalue weighted by Gasteiger charge is 2.19. The lowest BCUT2D eigenvalue weighted by molar-refractivity contribution is 0.0686. The number of carboxylic acids is 1. The fourth-order valence-electron chi connectivity index (χ4n) is 1.49. The Kier molecular flexibility index (Phi) is 5.33. The molecule has 2 amide bonds. The second-order valence-corrected chi connectivity index (χ2v) is 6.27. The zero-order valence-electron chi connectivity index (χ0n) is 12.0. The van der Waals surface area contributed by atoms with Crippen molar-refractivity contribution in [1.29, 1.82) is 0 Å². The van der Waals surface area contributed by atoms with Gasteiger partial charge in [0.2, 0.25) is 10.0 Å². The van der Waals surface area contributed by atoms with E-state index in [0.29, 0.717) is 0 Å². The first-order valence-electron chi connectivity index (χ1n) is 5.99. The van der Waals surface area contributed by atoms with E-state index >= 15 is 0 Å². The minimum absolute atomic E-state index is 0.000781. The molecule has 0 aliphatic carbocycles. The van der Waals surface area contributed by atoms with E-state index in [4.69, 9.17) is 5.11 Å². The van der Waals surface area contributed by atoms with Crippen LogP contribution in [-0.2, 0) is 17.1 Å². The maximum absolute atomic E-state index is 12.0. The molecule has 0 unspecified atom stereocenters. The molecule has 0 atom stereocenters. The molecule has 1 rings (SSSR count). The van der Waals surface area contributed by atoms with Gasteiger partial charge in [0, 0.05) is 40.4 Å². The van der Waals surface area contributed by atoms with E-state index in [9.17, 15) is 18.0 Å². The highest BCUT2D eigenvalue weighted by atomic mass is 32.2. The summed E-state index contributed by atoms with van der Waals surface area (Å²) in [6, 6.07) is 0.741. The summed E-state index contributed by atoms with van der Waals surface area (Å²) in [4.78, 5) is 23.3. The minimum atomic E-state index is -3.81. The number of amides is 2. The molecule has 0 radical (unpaired) electrons. The Morgan fingerprint density at radius 1 is 1.33 bits per heavy atom. The van der Waals surface area contributed by atoms with Crippen LogP contribution in [0.5, 0.6) is 0 Å². The van der Waals surface area contributed by atoms with Crippen molar-refractivity contribution in [3.63, 3.8) is 0 Å². The van der Waals surface area contributed by atoms with E-state index < -0.39 is 16.0 Å². The number of nitrogens with one attached hydrogen (secondary N) is 2. The Morgan fingerprint density at radius 3 is 2.43 bits per heavy atom. The van der Waals surface area contributed by atoms with Gasteiger partial charge in [-0.1, -0.05) is 0 Å². The third kappa shape index (κ3) is 4.46. The standard InChI is InChI=1S/C11H18N4O5S/c1-14(2)11(18)12-4-5-13-21(19,20)8-6-9(10(16)17)15(3)7-8/h6-7,13H,4-5H2,1-3H3,(H,12,18)(H,16,17). The van der Waals surface area contributed by atoms with Gasteiger partial charge in [0.25, 0.3) is 0 Å². The SMILES string of the molecule is CN(C)C(=O)NCCNS(=O)(=O)c1cc(C(=O)O)n(C)c1. The number of carbonyl (C=O) groups excluding carboxylic acids is 1. The van der Waals surface area contributed by atoms with E-state index in [1.165, 1.54) is 22.7 Å². The van der Waals surface area contributed by atoms with Crippen LogP contribution in [0.2, 0.25) is 0 Å². The van der Waals surface area contributed by atoms with Crippen LogP contribution in [0.3, 0.4) is 0 Å². The number of aromatic carboxylic acids is 1.